The van der Waals surface area contributed by atoms with Gasteiger partial charge in [-0.25, -0.2) is 0 Å². The number of rotatable bonds is 6. The number of pyridine rings is 1. The summed E-state index contributed by atoms with van der Waals surface area (Å²) in [6, 6.07) is 4.67. The third-order valence-corrected chi connectivity index (χ3v) is 4.19. The highest BCUT2D eigenvalue weighted by atomic mass is 31.2. The van der Waals surface area contributed by atoms with Crippen molar-refractivity contribution in [3.63, 3.8) is 0 Å². The number of aromatic hydroxyl groups is 1. The molecule has 0 spiro atoms. The average molecular weight is 385 g/mol. The largest absolute Gasteiger partial charge is 0.508 e. The maximum absolute atomic E-state index is 14.1. The smallest absolute Gasteiger partial charge is 0.362 e. The minimum atomic E-state index is -4.44. The van der Waals surface area contributed by atoms with Gasteiger partial charge in [0.05, 0.1) is 5.56 Å². The van der Waals surface area contributed by atoms with Crippen LogP contribution in [0.1, 0.15) is 36.5 Å². The lowest BCUT2D eigenvalue weighted by atomic mass is 10.0. The summed E-state index contributed by atoms with van der Waals surface area (Å²) in [4.78, 5) is 21.4. The Hall–Kier alpha value is -2.15. The van der Waals surface area contributed by atoms with Crippen molar-refractivity contribution in [2.75, 3.05) is 6.35 Å². The van der Waals surface area contributed by atoms with Crippen molar-refractivity contribution in [1.29, 1.82) is 0 Å². The molecular weight excluding hydrogens is 364 g/mol. The van der Waals surface area contributed by atoms with Gasteiger partial charge < -0.3 is 24.4 Å². The highest BCUT2D eigenvalue weighted by Gasteiger charge is 2.21. The molecule has 0 radical (unpaired) electrons. The van der Waals surface area contributed by atoms with Crippen LogP contribution in [0.2, 0.25) is 0 Å². The first-order chi connectivity index (χ1) is 12.0. The fourth-order valence-corrected chi connectivity index (χ4v) is 2.63. The Balaban J connectivity index is 2.41. The number of phenols is 1. The van der Waals surface area contributed by atoms with Crippen LogP contribution >= 0.6 is 7.60 Å². The van der Waals surface area contributed by atoms with E-state index in [1.807, 2.05) is 13.8 Å². The Morgan fingerprint density at radius 2 is 1.88 bits per heavy atom. The second-order valence-corrected chi connectivity index (χ2v) is 7.79. The molecule has 7 nitrogen and oxygen atoms in total. The summed E-state index contributed by atoms with van der Waals surface area (Å²) < 4.78 is 35.8. The van der Waals surface area contributed by atoms with Crippen molar-refractivity contribution in [2.24, 2.45) is 0 Å². The van der Waals surface area contributed by atoms with Gasteiger partial charge in [-0.15, -0.1) is 0 Å². The lowest BCUT2D eigenvalue weighted by molar-refractivity contribution is 0.288. The van der Waals surface area contributed by atoms with Gasteiger partial charge in [0.15, 0.2) is 6.35 Å². The van der Waals surface area contributed by atoms with Crippen LogP contribution in [-0.4, -0.2) is 26.2 Å². The minimum absolute atomic E-state index is 0.0528. The van der Waals surface area contributed by atoms with Crippen molar-refractivity contribution in [2.45, 2.75) is 33.6 Å². The van der Waals surface area contributed by atoms with Crippen molar-refractivity contribution in [1.82, 2.24) is 4.98 Å². The van der Waals surface area contributed by atoms with Crippen molar-refractivity contribution in [3.8, 4) is 23.1 Å². The lowest BCUT2D eigenvalue weighted by Gasteiger charge is -2.17. The van der Waals surface area contributed by atoms with E-state index < -0.39 is 19.9 Å². The van der Waals surface area contributed by atoms with Gasteiger partial charge in [0.25, 0.3) is 0 Å². The minimum Gasteiger partial charge on any atom is -0.508 e. The highest BCUT2D eigenvalue weighted by molar-refractivity contribution is 7.51. The Labute approximate surface area is 150 Å². The number of phenolic OH excluding ortho intramolecular Hbond substituents is 1. The normalized spacial score (nSPS) is 11.7. The number of aromatic nitrogens is 1. The summed E-state index contributed by atoms with van der Waals surface area (Å²) in [6.45, 7) is 6.85. The van der Waals surface area contributed by atoms with Gasteiger partial charge in [-0.2, -0.15) is 9.37 Å². The molecular formula is C17H21FNO6P. The van der Waals surface area contributed by atoms with Crippen molar-refractivity contribution < 1.29 is 33.3 Å². The van der Waals surface area contributed by atoms with E-state index in [1.54, 1.807) is 13.0 Å². The molecule has 0 saturated carbocycles. The number of nitrogens with zero attached hydrogens (tertiary/aromatic N) is 1. The third-order valence-electron chi connectivity index (χ3n) is 3.72. The van der Waals surface area contributed by atoms with E-state index in [2.05, 4.69) is 4.98 Å². The molecule has 0 aliphatic heterocycles. The van der Waals surface area contributed by atoms with Gasteiger partial charge in [0.1, 0.15) is 17.2 Å². The molecule has 142 valence electrons. The van der Waals surface area contributed by atoms with Crippen LogP contribution in [0.3, 0.4) is 0 Å². The van der Waals surface area contributed by atoms with Crippen LogP contribution in [0.15, 0.2) is 18.2 Å². The average Bonchev–Trinajstić information content (AvgIpc) is 2.54. The molecule has 26 heavy (non-hydrogen) atoms. The molecule has 0 amide bonds. The molecule has 0 unspecified atom stereocenters. The fraction of sp³-hybridized carbons (Fsp3) is 0.353. The van der Waals surface area contributed by atoms with Crippen molar-refractivity contribution >= 4 is 7.60 Å². The second kappa shape index (κ2) is 7.61. The second-order valence-electron chi connectivity index (χ2n) is 6.20. The van der Waals surface area contributed by atoms with Crippen LogP contribution in [0.5, 0.6) is 23.1 Å². The summed E-state index contributed by atoms with van der Waals surface area (Å²) in [7, 11) is -4.44. The quantitative estimate of drug-likeness (QED) is 0.510. The van der Waals surface area contributed by atoms with Gasteiger partial charge >= 0.3 is 7.60 Å². The third kappa shape index (κ3) is 4.72. The van der Waals surface area contributed by atoms with Crippen LogP contribution in [0.25, 0.3) is 0 Å². The Morgan fingerprint density at radius 1 is 1.23 bits per heavy atom. The van der Waals surface area contributed by atoms with E-state index >= 15 is 0 Å². The monoisotopic (exact) mass is 385 g/mol. The van der Waals surface area contributed by atoms with Gasteiger partial charge in [-0.3, -0.25) is 4.57 Å². The van der Waals surface area contributed by atoms with Crippen molar-refractivity contribution in [3.05, 3.63) is 40.8 Å². The Morgan fingerprint density at radius 3 is 2.46 bits per heavy atom. The maximum Gasteiger partial charge on any atom is 0.362 e. The maximum atomic E-state index is 14.1. The molecule has 1 heterocycles. The zero-order valence-corrected chi connectivity index (χ0v) is 15.7. The molecule has 2 rings (SSSR count). The fourth-order valence-electron chi connectivity index (χ4n) is 2.34. The van der Waals surface area contributed by atoms with E-state index in [1.165, 1.54) is 19.1 Å². The number of ether oxygens (including phenoxy) is 2. The van der Waals surface area contributed by atoms with E-state index in [0.29, 0.717) is 16.9 Å². The van der Waals surface area contributed by atoms with Gasteiger partial charge in [-0.1, -0.05) is 13.8 Å². The van der Waals surface area contributed by atoms with Crippen LogP contribution in [0.4, 0.5) is 4.39 Å². The summed E-state index contributed by atoms with van der Waals surface area (Å²) >= 11 is 0. The lowest BCUT2D eigenvalue weighted by Crippen LogP contribution is -2.06. The van der Waals surface area contributed by atoms with Gasteiger partial charge in [-0.05, 0) is 38.0 Å². The van der Waals surface area contributed by atoms with E-state index in [0.717, 1.165) is 0 Å². The first-order valence-electron chi connectivity index (χ1n) is 7.84. The first-order valence-corrected chi connectivity index (χ1v) is 9.64. The summed E-state index contributed by atoms with van der Waals surface area (Å²) in [6.07, 6.45) is -0.917. The zero-order valence-electron chi connectivity index (χ0n) is 14.9. The molecule has 2 aromatic rings. The van der Waals surface area contributed by atoms with E-state index in [4.69, 9.17) is 19.3 Å². The first kappa shape index (κ1) is 20.2. The Bertz CT molecular complexity index is 865. The molecule has 0 aliphatic carbocycles. The molecule has 0 saturated heterocycles. The summed E-state index contributed by atoms with van der Waals surface area (Å²) in [5.41, 5.74) is 1.10. The molecule has 0 aliphatic rings. The topological polar surface area (TPSA) is 109 Å². The number of halogens is 1. The standard InChI is InChI=1S/C17H21FNO6P/c1-9(2)13-7-12(5-6-14(13)20)25-15-10(3)16(18)19-17(11(15)4)24-8-26(21,22)23/h5-7,9,20H,8H2,1-4H3,(H2,21,22,23). The van der Waals surface area contributed by atoms with Gasteiger partial charge in [0.2, 0.25) is 11.8 Å². The van der Waals surface area contributed by atoms with Crippen LogP contribution in [0, 0.1) is 19.8 Å². The molecule has 9 heteroatoms. The van der Waals surface area contributed by atoms with E-state index in [-0.39, 0.29) is 28.9 Å². The highest BCUT2D eigenvalue weighted by Crippen LogP contribution is 2.39. The molecule has 1 aromatic heterocycles. The SMILES string of the molecule is Cc1c(F)nc(OCP(=O)(O)O)c(C)c1Oc1ccc(O)c(C(C)C)c1. The predicted octanol–water partition coefficient (Wildman–Crippen LogP) is 3.97. The van der Waals surface area contributed by atoms with Crippen LogP contribution < -0.4 is 9.47 Å². The van der Waals surface area contributed by atoms with Crippen LogP contribution in [-0.2, 0) is 4.57 Å². The summed E-state index contributed by atoms with van der Waals surface area (Å²) in [5, 5.41) is 9.90. The number of hydrogen-bond acceptors (Lipinski definition) is 5. The molecule has 0 atom stereocenters. The molecule has 3 N–H and O–H groups in total. The number of benzene rings is 1. The molecule has 0 fully saturated rings. The molecule has 1 aromatic carbocycles. The van der Waals surface area contributed by atoms with Gasteiger partial charge in [0, 0.05) is 11.1 Å². The molecule has 0 bridgehead atoms. The predicted molar refractivity (Wildman–Crippen MR) is 93.5 cm³/mol. The zero-order chi connectivity index (χ0) is 19.6. The number of hydrogen-bond donors (Lipinski definition) is 3. The Kier molecular flexibility index (Phi) is 5.91. The summed E-state index contributed by atoms with van der Waals surface area (Å²) in [5.74, 6) is -0.421. The van der Waals surface area contributed by atoms with E-state index in [9.17, 15) is 14.1 Å².